The van der Waals surface area contributed by atoms with Crippen LogP contribution in [-0.4, -0.2) is 20.4 Å². The lowest BCUT2D eigenvalue weighted by molar-refractivity contribution is -0.116. The average Bonchev–Trinajstić information content (AvgIpc) is 3.05. The van der Waals surface area contributed by atoms with Crippen molar-refractivity contribution in [2.24, 2.45) is 0 Å². The van der Waals surface area contributed by atoms with E-state index in [4.69, 9.17) is 0 Å². The molecule has 0 saturated heterocycles. The molecule has 0 saturated carbocycles. The molecule has 0 fully saturated rings. The fourth-order valence-corrected chi connectivity index (χ4v) is 4.21. The molecule has 8 heteroatoms. The number of hydrogen-bond donors (Lipinski definition) is 1. The van der Waals surface area contributed by atoms with E-state index in [2.05, 4.69) is 31.2 Å². The van der Waals surface area contributed by atoms with Gasteiger partial charge in [0.25, 0.3) is 5.56 Å². The summed E-state index contributed by atoms with van der Waals surface area (Å²) in [5, 5.41) is 3.80. The number of thiazole rings is 1. The molecule has 0 bridgehead atoms. The van der Waals surface area contributed by atoms with Crippen LogP contribution in [0.1, 0.15) is 10.4 Å². The van der Waals surface area contributed by atoms with Crippen LogP contribution >= 0.6 is 27.3 Å². The van der Waals surface area contributed by atoms with Crippen LogP contribution in [0.5, 0.6) is 0 Å². The van der Waals surface area contributed by atoms with E-state index in [9.17, 15) is 9.59 Å². The summed E-state index contributed by atoms with van der Waals surface area (Å²) in [5.41, 5.74) is 3.16. The number of benzene rings is 2. The summed E-state index contributed by atoms with van der Waals surface area (Å²) in [6, 6.07) is 13.3. The minimum absolute atomic E-state index is 0.123. The Hall–Kier alpha value is -2.84. The summed E-state index contributed by atoms with van der Waals surface area (Å²) in [4.78, 5) is 35.0. The molecule has 0 aliphatic carbocycles. The summed E-state index contributed by atoms with van der Waals surface area (Å²) in [6.45, 7) is 3.74. The van der Waals surface area contributed by atoms with E-state index in [1.54, 1.807) is 6.07 Å². The number of nitrogens with one attached hydrogen (secondary N) is 1. The zero-order chi connectivity index (χ0) is 20.5. The van der Waals surface area contributed by atoms with Crippen molar-refractivity contribution in [3.05, 3.63) is 74.1 Å². The van der Waals surface area contributed by atoms with Gasteiger partial charge >= 0.3 is 0 Å². The molecule has 0 aliphatic rings. The highest BCUT2D eigenvalue weighted by Gasteiger charge is 2.14. The Morgan fingerprint density at radius 1 is 1.17 bits per heavy atom. The average molecular weight is 469 g/mol. The second-order valence-corrected chi connectivity index (χ2v) is 8.75. The normalized spacial score (nSPS) is 11.0. The lowest BCUT2D eigenvalue weighted by Crippen LogP contribution is -2.28. The Balaban J connectivity index is 1.54. The number of amides is 1. The third-order valence-electron chi connectivity index (χ3n) is 4.53. The number of halogens is 1. The van der Waals surface area contributed by atoms with Gasteiger partial charge in [-0.1, -0.05) is 40.2 Å². The summed E-state index contributed by atoms with van der Waals surface area (Å²) in [5.74, 6) is -0.322. The van der Waals surface area contributed by atoms with Crippen LogP contribution in [0, 0.1) is 13.8 Å². The number of rotatable bonds is 4. The van der Waals surface area contributed by atoms with Gasteiger partial charge in [-0.25, -0.2) is 9.97 Å². The molecule has 4 rings (SSSR count). The first kappa shape index (κ1) is 19.5. The van der Waals surface area contributed by atoms with E-state index < -0.39 is 0 Å². The van der Waals surface area contributed by atoms with E-state index in [1.165, 1.54) is 22.2 Å². The lowest BCUT2D eigenvalue weighted by atomic mass is 10.1. The van der Waals surface area contributed by atoms with Gasteiger partial charge in [0.2, 0.25) is 5.91 Å². The highest BCUT2D eigenvalue weighted by Crippen LogP contribution is 2.31. The third-order valence-corrected chi connectivity index (χ3v) is 5.94. The van der Waals surface area contributed by atoms with Crippen LogP contribution in [0.3, 0.4) is 0 Å². The van der Waals surface area contributed by atoms with E-state index in [-0.39, 0.29) is 18.0 Å². The van der Waals surface area contributed by atoms with Gasteiger partial charge in [0.15, 0.2) is 5.13 Å². The van der Waals surface area contributed by atoms with Gasteiger partial charge in [-0.2, -0.15) is 0 Å². The van der Waals surface area contributed by atoms with Crippen molar-refractivity contribution in [1.82, 2.24) is 14.5 Å². The topological polar surface area (TPSA) is 76.9 Å². The molecule has 0 radical (unpaired) electrons. The number of carbonyl (C=O) groups is 1. The molecule has 0 aliphatic heterocycles. The predicted molar refractivity (Wildman–Crippen MR) is 119 cm³/mol. The van der Waals surface area contributed by atoms with Crippen molar-refractivity contribution < 1.29 is 4.79 Å². The molecule has 0 unspecified atom stereocenters. The number of hydrogen-bond acceptors (Lipinski definition) is 5. The summed E-state index contributed by atoms with van der Waals surface area (Å²) in [7, 11) is 0. The first-order chi connectivity index (χ1) is 13.9. The second kappa shape index (κ2) is 7.88. The number of aryl methyl sites for hydroxylation is 2. The molecule has 2 aromatic carbocycles. The van der Waals surface area contributed by atoms with Crippen molar-refractivity contribution in [2.45, 2.75) is 20.4 Å². The fraction of sp³-hybridized carbons (Fsp3) is 0.143. The van der Waals surface area contributed by atoms with Crippen LogP contribution < -0.4 is 10.9 Å². The molecule has 1 amide bonds. The number of para-hydroxylation sites is 1. The fourth-order valence-electron chi connectivity index (χ4n) is 3.09. The second-order valence-electron chi connectivity index (χ2n) is 6.63. The molecule has 2 aromatic heterocycles. The van der Waals surface area contributed by atoms with E-state index in [0.717, 1.165) is 26.2 Å². The van der Waals surface area contributed by atoms with Gasteiger partial charge in [-0.15, -0.1) is 11.3 Å². The molecule has 0 spiro atoms. The van der Waals surface area contributed by atoms with Gasteiger partial charge in [0.05, 0.1) is 22.9 Å². The quantitative estimate of drug-likeness (QED) is 0.476. The summed E-state index contributed by atoms with van der Waals surface area (Å²) in [6.07, 6.45) is 1.41. The monoisotopic (exact) mass is 468 g/mol. The Labute approximate surface area is 179 Å². The molecular formula is C21H17BrN4O2S. The maximum atomic E-state index is 12.7. The largest absolute Gasteiger partial charge is 0.300 e. The molecule has 2 heterocycles. The van der Waals surface area contributed by atoms with Gasteiger partial charge in [0.1, 0.15) is 6.54 Å². The molecule has 4 aromatic rings. The number of anilines is 1. The molecular weight excluding hydrogens is 452 g/mol. The number of fused-ring (bicyclic) bond motifs is 1. The van der Waals surface area contributed by atoms with E-state index in [1.807, 2.05) is 50.2 Å². The molecule has 29 heavy (non-hydrogen) atoms. The molecule has 6 nitrogen and oxygen atoms in total. The first-order valence-corrected chi connectivity index (χ1v) is 10.5. The SMILES string of the molecule is Cc1sc(NC(=O)Cn2cnc3c(C)cccc3c2=O)nc1-c1ccc(Br)cc1. The third kappa shape index (κ3) is 3.99. The predicted octanol–water partition coefficient (Wildman–Crippen LogP) is 4.54. The van der Waals surface area contributed by atoms with Crippen LogP contribution in [-0.2, 0) is 11.3 Å². The minimum atomic E-state index is -0.322. The molecule has 146 valence electrons. The maximum absolute atomic E-state index is 12.7. The maximum Gasteiger partial charge on any atom is 0.261 e. The Bertz CT molecular complexity index is 1280. The van der Waals surface area contributed by atoms with Gasteiger partial charge in [-0.3, -0.25) is 14.2 Å². The summed E-state index contributed by atoms with van der Waals surface area (Å²) >= 11 is 4.83. The van der Waals surface area contributed by atoms with Crippen molar-refractivity contribution in [2.75, 3.05) is 5.32 Å². The molecule has 0 atom stereocenters. The minimum Gasteiger partial charge on any atom is -0.300 e. The summed E-state index contributed by atoms with van der Waals surface area (Å²) < 4.78 is 2.31. The number of aromatic nitrogens is 3. The van der Waals surface area contributed by atoms with Crippen molar-refractivity contribution in [3.8, 4) is 11.3 Å². The van der Waals surface area contributed by atoms with Crippen LogP contribution in [0.15, 0.2) is 58.1 Å². The number of nitrogens with zero attached hydrogens (tertiary/aromatic N) is 3. The Kier molecular flexibility index (Phi) is 5.29. The lowest BCUT2D eigenvalue weighted by Gasteiger charge is -2.07. The van der Waals surface area contributed by atoms with Crippen molar-refractivity contribution >= 4 is 49.2 Å². The van der Waals surface area contributed by atoms with Gasteiger partial charge in [0, 0.05) is 14.9 Å². The molecule has 1 N–H and O–H groups in total. The van der Waals surface area contributed by atoms with Crippen LogP contribution in [0.2, 0.25) is 0 Å². The van der Waals surface area contributed by atoms with Gasteiger partial charge in [-0.05, 0) is 37.6 Å². The highest BCUT2D eigenvalue weighted by atomic mass is 79.9. The standard InChI is InChI=1S/C21H17BrN4O2S/c1-12-4-3-5-16-18(12)23-11-26(20(16)28)10-17(27)24-21-25-19(13(2)29-21)14-6-8-15(22)9-7-14/h3-9,11H,10H2,1-2H3,(H,24,25,27). The van der Waals surface area contributed by atoms with Crippen LogP contribution in [0.4, 0.5) is 5.13 Å². The Morgan fingerprint density at radius 3 is 2.69 bits per heavy atom. The van der Waals surface area contributed by atoms with Crippen molar-refractivity contribution in [1.29, 1.82) is 0 Å². The first-order valence-electron chi connectivity index (χ1n) is 8.90. The number of carbonyl (C=O) groups excluding carboxylic acids is 1. The van der Waals surface area contributed by atoms with E-state index in [0.29, 0.717) is 16.0 Å². The van der Waals surface area contributed by atoms with E-state index >= 15 is 0 Å². The highest BCUT2D eigenvalue weighted by molar-refractivity contribution is 9.10. The zero-order valence-electron chi connectivity index (χ0n) is 15.8. The Morgan fingerprint density at radius 2 is 1.93 bits per heavy atom. The zero-order valence-corrected chi connectivity index (χ0v) is 18.2. The van der Waals surface area contributed by atoms with Crippen molar-refractivity contribution in [3.63, 3.8) is 0 Å². The smallest absolute Gasteiger partial charge is 0.261 e. The van der Waals surface area contributed by atoms with Crippen LogP contribution in [0.25, 0.3) is 22.2 Å². The van der Waals surface area contributed by atoms with Gasteiger partial charge < -0.3 is 5.32 Å².